The van der Waals surface area contributed by atoms with Crippen LogP contribution in [0, 0.1) is 0 Å². The van der Waals surface area contributed by atoms with Gasteiger partial charge in [0.15, 0.2) is 0 Å². The first-order valence-corrected chi connectivity index (χ1v) is 11.6. The van der Waals surface area contributed by atoms with Gasteiger partial charge in [-0.05, 0) is 66.8 Å². The molecule has 2 amide bonds. The quantitative estimate of drug-likeness (QED) is 0.658. The predicted octanol–water partition coefficient (Wildman–Crippen LogP) is 1.85. The van der Waals surface area contributed by atoms with Crippen molar-refractivity contribution in [3.63, 3.8) is 0 Å². The van der Waals surface area contributed by atoms with Crippen LogP contribution in [0.3, 0.4) is 0 Å². The van der Waals surface area contributed by atoms with Gasteiger partial charge in [0.1, 0.15) is 11.4 Å². The molecule has 1 unspecified atom stereocenters. The molecule has 0 aromatic heterocycles. The zero-order valence-corrected chi connectivity index (χ0v) is 17.9. The molecule has 0 saturated carbocycles. The molecule has 0 bridgehead atoms. The van der Waals surface area contributed by atoms with Gasteiger partial charge in [0, 0.05) is 19.4 Å². The number of imide groups is 1. The van der Waals surface area contributed by atoms with Gasteiger partial charge in [-0.25, -0.2) is 13.1 Å². The minimum Gasteiger partial charge on any atom is -0.497 e. The normalized spacial score (nSPS) is 21.3. The molecule has 2 N–H and O–H groups in total. The lowest BCUT2D eigenvalue weighted by Gasteiger charge is -2.34. The van der Waals surface area contributed by atoms with Crippen molar-refractivity contribution in [2.45, 2.75) is 42.6 Å². The van der Waals surface area contributed by atoms with Crippen molar-refractivity contribution in [3.05, 3.63) is 53.6 Å². The summed E-state index contributed by atoms with van der Waals surface area (Å²) in [5.41, 5.74) is 0.668. The molecular weight excluding hydrogens is 420 g/mol. The Morgan fingerprint density at radius 3 is 2.39 bits per heavy atom. The molecule has 2 aliphatic rings. The molecule has 4 rings (SSSR count). The zero-order valence-electron chi connectivity index (χ0n) is 17.1. The van der Waals surface area contributed by atoms with Gasteiger partial charge in [0.25, 0.3) is 0 Å². The summed E-state index contributed by atoms with van der Waals surface area (Å²) in [5.74, 6) is 0.0979. The van der Waals surface area contributed by atoms with E-state index in [1.807, 2.05) is 6.07 Å². The number of benzene rings is 2. The van der Waals surface area contributed by atoms with E-state index in [0.717, 1.165) is 23.3 Å². The molecule has 1 heterocycles. The Balaban J connectivity index is 1.51. The topological polar surface area (TPSA) is 113 Å². The third kappa shape index (κ3) is 4.08. The SMILES string of the molecule is COc1ccc2c(c1)CCCC2(O)CNS(=O)(=O)c1ccc(N2C(=O)CCC2=O)cc1. The summed E-state index contributed by atoms with van der Waals surface area (Å²) in [5, 5.41) is 11.2. The van der Waals surface area contributed by atoms with E-state index < -0.39 is 15.6 Å². The number of nitrogens with zero attached hydrogens (tertiary/aromatic N) is 1. The lowest BCUT2D eigenvalue weighted by molar-refractivity contribution is -0.121. The smallest absolute Gasteiger partial charge is 0.240 e. The summed E-state index contributed by atoms with van der Waals surface area (Å²) < 4.78 is 33.3. The molecule has 2 aromatic carbocycles. The Morgan fingerprint density at radius 1 is 1.06 bits per heavy atom. The average molecular weight is 445 g/mol. The van der Waals surface area contributed by atoms with Crippen LogP contribution in [-0.2, 0) is 31.6 Å². The third-order valence-electron chi connectivity index (χ3n) is 5.86. The highest BCUT2D eigenvalue weighted by molar-refractivity contribution is 7.89. The molecule has 1 saturated heterocycles. The first-order valence-electron chi connectivity index (χ1n) is 10.1. The first-order chi connectivity index (χ1) is 14.7. The number of aliphatic hydroxyl groups is 1. The fraction of sp³-hybridized carbons (Fsp3) is 0.364. The van der Waals surface area contributed by atoms with E-state index >= 15 is 0 Å². The van der Waals surface area contributed by atoms with E-state index in [1.54, 1.807) is 19.2 Å². The highest BCUT2D eigenvalue weighted by atomic mass is 32.2. The van der Waals surface area contributed by atoms with Crippen LogP contribution in [0.4, 0.5) is 5.69 Å². The molecule has 8 nitrogen and oxygen atoms in total. The van der Waals surface area contributed by atoms with Crippen LogP contribution in [0.5, 0.6) is 5.75 Å². The number of amides is 2. The van der Waals surface area contributed by atoms with Gasteiger partial charge in [0.05, 0.1) is 17.7 Å². The molecule has 1 aliphatic carbocycles. The van der Waals surface area contributed by atoms with Gasteiger partial charge < -0.3 is 9.84 Å². The second-order valence-corrected chi connectivity index (χ2v) is 9.62. The summed E-state index contributed by atoms with van der Waals surface area (Å²) in [7, 11) is -2.33. The number of aryl methyl sites for hydroxylation is 1. The van der Waals surface area contributed by atoms with Crippen molar-refractivity contribution < 1.29 is 27.9 Å². The molecular formula is C22H24N2O6S. The van der Waals surface area contributed by atoms with Crippen LogP contribution < -0.4 is 14.4 Å². The predicted molar refractivity (Wildman–Crippen MR) is 113 cm³/mol. The number of ether oxygens (including phenoxy) is 1. The summed E-state index contributed by atoms with van der Waals surface area (Å²) in [6, 6.07) is 11.0. The summed E-state index contributed by atoms with van der Waals surface area (Å²) in [6.45, 7) is -0.167. The van der Waals surface area contributed by atoms with Crippen molar-refractivity contribution in [1.82, 2.24) is 4.72 Å². The van der Waals surface area contributed by atoms with Gasteiger partial charge in [-0.2, -0.15) is 0 Å². The number of methoxy groups -OCH3 is 1. The molecule has 1 atom stereocenters. The monoisotopic (exact) mass is 444 g/mol. The number of carbonyl (C=O) groups is 2. The van der Waals surface area contributed by atoms with Crippen molar-refractivity contribution in [3.8, 4) is 5.75 Å². The molecule has 0 radical (unpaired) electrons. The maximum absolute atomic E-state index is 12.8. The molecule has 2 aromatic rings. The number of carbonyl (C=O) groups excluding carboxylic acids is 2. The standard InChI is InChI=1S/C22H24N2O6S/c1-30-17-6-9-19-15(13-17)3-2-12-22(19,27)14-23-31(28,29)18-7-4-16(5-8-18)24-20(25)10-11-21(24)26/h4-9,13,23,27H,2-3,10-12,14H2,1H3. The Hall–Kier alpha value is -2.75. The van der Waals surface area contributed by atoms with Crippen molar-refractivity contribution in [1.29, 1.82) is 0 Å². The largest absolute Gasteiger partial charge is 0.497 e. The van der Waals surface area contributed by atoms with E-state index in [0.29, 0.717) is 23.4 Å². The second kappa shape index (κ2) is 8.07. The van der Waals surface area contributed by atoms with Gasteiger partial charge in [0.2, 0.25) is 21.8 Å². The van der Waals surface area contributed by atoms with Gasteiger partial charge in [-0.1, -0.05) is 6.07 Å². The third-order valence-corrected chi connectivity index (χ3v) is 7.28. The van der Waals surface area contributed by atoms with Crippen LogP contribution in [-0.4, -0.2) is 39.0 Å². The second-order valence-electron chi connectivity index (χ2n) is 7.85. The fourth-order valence-electron chi connectivity index (χ4n) is 4.18. The Kier molecular flexibility index (Phi) is 5.59. The minimum atomic E-state index is -3.90. The summed E-state index contributed by atoms with van der Waals surface area (Å²) in [6.07, 6.45) is 2.27. The first kappa shape index (κ1) is 21.5. The molecule has 1 aliphatic heterocycles. The molecule has 164 valence electrons. The van der Waals surface area contributed by atoms with E-state index in [4.69, 9.17) is 4.74 Å². The number of sulfonamides is 1. The van der Waals surface area contributed by atoms with Crippen LogP contribution in [0.1, 0.15) is 36.8 Å². The van der Waals surface area contributed by atoms with Gasteiger partial charge in [-0.15, -0.1) is 0 Å². The van der Waals surface area contributed by atoms with Crippen LogP contribution in [0.25, 0.3) is 0 Å². The highest BCUT2D eigenvalue weighted by Crippen LogP contribution is 2.37. The van der Waals surface area contributed by atoms with Crippen LogP contribution in [0.2, 0.25) is 0 Å². The number of nitrogens with one attached hydrogen (secondary N) is 1. The average Bonchev–Trinajstić information content (AvgIpc) is 3.10. The Morgan fingerprint density at radius 2 is 1.74 bits per heavy atom. The molecule has 9 heteroatoms. The number of hydrogen-bond donors (Lipinski definition) is 2. The van der Waals surface area contributed by atoms with Gasteiger partial charge in [-0.3, -0.25) is 14.5 Å². The molecule has 31 heavy (non-hydrogen) atoms. The van der Waals surface area contributed by atoms with E-state index in [1.165, 1.54) is 24.3 Å². The maximum Gasteiger partial charge on any atom is 0.240 e. The zero-order chi connectivity index (χ0) is 22.2. The van der Waals surface area contributed by atoms with Crippen LogP contribution in [0.15, 0.2) is 47.4 Å². The number of anilines is 1. The summed E-state index contributed by atoms with van der Waals surface area (Å²) >= 11 is 0. The van der Waals surface area contributed by atoms with E-state index in [-0.39, 0.29) is 36.1 Å². The number of rotatable bonds is 6. The number of fused-ring (bicyclic) bond motifs is 1. The van der Waals surface area contributed by atoms with Crippen molar-refractivity contribution >= 4 is 27.5 Å². The van der Waals surface area contributed by atoms with Crippen molar-refractivity contribution in [2.24, 2.45) is 0 Å². The lowest BCUT2D eigenvalue weighted by atomic mass is 9.79. The Labute approximate surface area is 180 Å². The number of hydrogen-bond acceptors (Lipinski definition) is 6. The van der Waals surface area contributed by atoms with Crippen LogP contribution >= 0.6 is 0 Å². The van der Waals surface area contributed by atoms with Crippen molar-refractivity contribution in [2.75, 3.05) is 18.6 Å². The highest BCUT2D eigenvalue weighted by Gasteiger charge is 2.36. The minimum absolute atomic E-state index is 0.00953. The fourth-order valence-corrected chi connectivity index (χ4v) is 5.27. The van der Waals surface area contributed by atoms with E-state index in [2.05, 4.69) is 4.72 Å². The van der Waals surface area contributed by atoms with E-state index in [9.17, 15) is 23.1 Å². The molecule has 1 fully saturated rings. The molecule has 0 spiro atoms. The van der Waals surface area contributed by atoms with Gasteiger partial charge >= 0.3 is 0 Å². The Bertz CT molecular complexity index is 1110. The summed E-state index contributed by atoms with van der Waals surface area (Å²) in [4.78, 5) is 24.8. The maximum atomic E-state index is 12.8. The lowest BCUT2D eigenvalue weighted by Crippen LogP contribution is -2.43.